The molecular formula is C13H20N2. The van der Waals surface area contributed by atoms with Gasteiger partial charge in [0.25, 0.3) is 0 Å². The Morgan fingerprint density at radius 3 is 2.80 bits per heavy atom. The number of aryl methyl sites for hydroxylation is 1. The van der Waals surface area contributed by atoms with Crippen LogP contribution in [0.5, 0.6) is 0 Å². The monoisotopic (exact) mass is 204 g/mol. The van der Waals surface area contributed by atoms with E-state index in [4.69, 9.17) is 0 Å². The van der Waals surface area contributed by atoms with Gasteiger partial charge in [-0.05, 0) is 31.5 Å². The topological polar surface area (TPSA) is 24.9 Å². The number of pyridine rings is 1. The van der Waals surface area contributed by atoms with E-state index in [-0.39, 0.29) is 0 Å². The molecule has 0 saturated heterocycles. The van der Waals surface area contributed by atoms with Crippen molar-refractivity contribution in [1.29, 1.82) is 0 Å². The van der Waals surface area contributed by atoms with Gasteiger partial charge in [-0.25, -0.2) is 0 Å². The van der Waals surface area contributed by atoms with Gasteiger partial charge in [0.05, 0.1) is 0 Å². The Labute approximate surface area is 92.4 Å². The van der Waals surface area contributed by atoms with Gasteiger partial charge in [0.2, 0.25) is 0 Å². The maximum Gasteiger partial charge on any atom is 0.0419 e. The molecule has 0 saturated carbocycles. The van der Waals surface area contributed by atoms with E-state index in [1.165, 1.54) is 5.56 Å². The first-order valence-corrected chi connectivity index (χ1v) is 5.52. The van der Waals surface area contributed by atoms with Crippen LogP contribution in [0.15, 0.2) is 31.0 Å². The largest absolute Gasteiger partial charge is 0.316 e. The van der Waals surface area contributed by atoms with Gasteiger partial charge in [-0.2, -0.15) is 0 Å². The van der Waals surface area contributed by atoms with Crippen molar-refractivity contribution in [2.75, 3.05) is 7.05 Å². The Kier molecular flexibility index (Phi) is 5.05. The van der Waals surface area contributed by atoms with Crippen molar-refractivity contribution in [2.24, 2.45) is 0 Å². The van der Waals surface area contributed by atoms with Crippen molar-refractivity contribution in [3.63, 3.8) is 0 Å². The number of rotatable bonds is 6. The number of likely N-dealkylation sites (N-methyl/N-ethyl adjacent to an activating group) is 1. The third kappa shape index (κ3) is 3.84. The van der Waals surface area contributed by atoms with Gasteiger partial charge in [0, 0.05) is 24.4 Å². The van der Waals surface area contributed by atoms with Gasteiger partial charge >= 0.3 is 0 Å². The van der Waals surface area contributed by atoms with Crippen LogP contribution in [0.4, 0.5) is 0 Å². The van der Waals surface area contributed by atoms with Crippen molar-refractivity contribution in [3.8, 4) is 0 Å². The van der Waals surface area contributed by atoms with E-state index < -0.39 is 0 Å². The molecule has 0 aliphatic heterocycles. The number of aromatic nitrogens is 1. The van der Waals surface area contributed by atoms with E-state index in [9.17, 15) is 0 Å². The minimum atomic E-state index is 0.447. The summed E-state index contributed by atoms with van der Waals surface area (Å²) < 4.78 is 0. The number of hydrogen-bond acceptors (Lipinski definition) is 2. The fraction of sp³-hybridized carbons (Fsp3) is 0.462. The minimum absolute atomic E-state index is 0.447. The summed E-state index contributed by atoms with van der Waals surface area (Å²) in [4.78, 5) is 4.45. The summed E-state index contributed by atoms with van der Waals surface area (Å²) in [5, 5.41) is 3.27. The molecule has 1 rings (SSSR count). The average Bonchev–Trinajstić information content (AvgIpc) is 2.29. The van der Waals surface area contributed by atoms with Crippen LogP contribution >= 0.6 is 0 Å². The molecule has 0 bridgehead atoms. The van der Waals surface area contributed by atoms with Gasteiger partial charge in [-0.15, -0.1) is 6.58 Å². The van der Waals surface area contributed by atoms with E-state index in [0.29, 0.717) is 6.04 Å². The summed E-state index contributed by atoms with van der Waals surface area (Å²) in [5.74, 6) is 0. The highest BCUT2D eigenvalue weighted by Crippen LogP contribution is 2.05. The maximum atomic E-state index is 4.45. The van der Waals surface area contributed by atoms with Gasteiger partial charge in [-0.1, -0.05) is 19.1 Å². The van der Waals surface area contributed by atoms with Crippen LogP contribution in [0.1, 0.15) is 24.6 Å². The summed E-state index contributed by atoms with van der Waals surface area (Å²) in [6.45, 7) is 5.90. The molecule has 1 unspecified atom stereocenters. The Morgan fingerprint density at radius 2 is 2.33 bits per heavy atom. The first kappa shape index (κ1) is 11.9. The third-order valence-corrected chi connectivity index (χ3v) is 2.61. The molecule has 1 N–H and O–H groups in total. The molecule has 15 heavy (non-hydrogen) atoms. The van der Waals surface area contributed by atoms with E-state index >= 15 is 0 Å². The normalized spacial score (nSPS) is 12.4. The number of nitrogens with one attached hydrogen (secondary N) is 1. The zero-order chi connectivity index (χ0) is 11.1. The van der Waals surface area contributed by atoms with Crippen molar-refractivity contribution >= 4 is 0 Å². The van der Waals surface area contributed by atoms with Gasteiger partial charge in [0.15, 0.2) is 0 Å². The molecule has 2 heteroatoms. The second-order valence-electron chi connectivity index (χ2n) is 3.73. The van der Waals surface area contributed by atoms with E-state index in [2.05, 4.69) is 35.9 Å². The molecule has 0 aromatic carbocycles. The number of nitrogens with zero attached hydrogens (tertiary/aromatic N) is 1. The molecule has 0 amide bonds. The predicted octanol–water partition coefficient (Wildman–Crippen LogP) is 2.35. The summed E-state index contributed by atoms with van der Waals surface area (Å²) in [6.07, 6.45) is 6.91. The minimum Gasteiger partial charge on any atom is -0.316 e. The lowest BCUT2D eigenvalue weighted by Gasteiger charge is -2.13. The molecule has 1 aromatic rings. The SMILES string of the molecule is C=CCC(Cc1ccc(CC)cn1)NC. The van der Waals surface area contributed by atoms with Crippen molar-refractivity contribution in [1.82, 2.24) is 10.3 Å². The molecule has 2 nitrogen and oxygen atoms in total. The Balaban J connectivity index is 2.58. The lowest BCUT2D eigenvalue weighted by atomic mass is 10.1. The molecule has 0 spiro atoms. The lowest BCUT2D eigenvalue weighted by Crippen LogP contribution is -2.27. The molecule has 0 fully saturated rings. The second kappa shape index (κ2) is 6.36. The van der Waals surface area contributed by atoms with E-state index in [0.717, 1.165) is 25.0 Å². The van der Waals surface area contributed by atoms with Gasteiger partial charge in [-0.3, -0.25) is 4.98 Å². The Morgan fingerprint density at radius 1 is 1.53 bits per heavy atom. The first-order valence-electron chi connectivity index (χ1n) is 5.52. The Bertz CT molecular complexity index is 290. The highest BCUT2D eigenvalue weighted by molar-refractivity contribution is 5.14. The molecule has 82 valence electrons. The average molecular weight is 204 g/mol. The Hall–Kier alpha value is -1.15. The first-order chi connectivity index (χ1) is 7.30. The highest BCUT2D eigenvalue weighted by Gasteiger charge is 2.05. The summed E-state index contributed by atoms with van der Waals surface area (Å²) in [6, 6.07) is 4.72. The fourth-order valence-corrected chi connectivity index (χ4v) is 1.54. The van der Waals surface area contributed by atoms with Crippen molar-refractivity contribution in [2.45, 2.75) is 32.2 Å². The van der Waals surface area contributed by atoms with Gasteiger partial charge < -0.3 is 5.32 Å². The number of hydrogen-bond donors (Lipinski definition) is 1. The quantitative estimate of drug-likeness (QED) is 0.719. The summed E-state index contributed by atoms with van der Waals surface area (Å²) >= 11 is 0. The molecule has 0 aliphatic carbocycles. The van der Waals surface area contributed by atoms with Gasteiger partial charge in [0.1, 0.15) is 0 Å². The summed E-state index contributed by atoms with van der Waals surface area (Å²) in [5.41, 5.74) is 2.44. The van der Waals surface area contributed by atoms with Crippen LogP contribution in [0.3, 0.4) is 0 Å². The second-order valence-corrected chi connectivity index (χ2v) is 3.73. The van der Waals surface area contributed by atoms with E-state index in [1.54, 1.807) is 0 Å². The smallest absolute Gasteiger partial charge is 0.0419 e. The zero-order valence-electron chi connectivity index (χ0n) is 9.66. The molecule has 1 atom stereocenters. The van der Waals surface area contributed by atoms with E-state index in [1.807, 2.05) is 19.3 Å². The molecule has 0 aliphatic rings. The van der Waals surface area contributed by atoms with Crippen LogP contribution in [-0.2, 0) is 12.8 Å². The van der Waals surface area contributed by atoms with Crippen LogP contribution in [0.25, 0.3) is 0 Å². The fourth-order valence-electron chi connectivity index (χ4n) is 1.54. The molecular weight excluding hydrogens is 184 g/mol. The molecule has 0 radical (unpaired) electrons. The van der Waals surface area contributed by atoms with Crippen molar-refractivity contribution < 1.29 is 0 Å². The third-order valence-electron chi connectivity index (χ3n) is 2.61. The molecule has 1 heterocycles. The summed E-state index contributed by atoms with van der Waals surface area (Å²) in [7, 11) is 1.98. The standard InChI is InChI=1S/C13H20N2/c1-4-6-12(14-3)9-13-8-7-11(5-2)10-15-13/h4,7-8,10,12,14H,1,5-6,9H2,2-3H3. The lowest BCUT2D eigenvalue weighted by molar-refractivity contribution is 0.559. The van der Waals surface area contributed by atoms with Crippen LogP contribution in [-0.4, -0.2) is 18.1 Å². The molecule has 1 aromatic heterocycles. The van der Waals surface area contributed by atoms with Crippen LogP contribution in [0, 0.1) is 0 Å². The van der Waals surface area contributed by atoms with Crippen LogP contribution < -0.4 is 5.32 Å². The van der Waals surface area contributed by atoms with Crippen molar-refractivity contribution in [3.05, 3.63) is 42.2 Å². The van der Waals surface area contributed by atoms with Crippen LogP contribution in [0.2, 0.25) is 0 Å². The maximum absolute atomic E-state index is 4.45. The highest BCUT2D eigenvalue weighted by atomic mass is 14.9. The predicted molar refractivity (Wildman–Crippen MR) is 65.0 cm³/mol. The zero-order valence-corrected chi connectivity index (χ0v) is 9.66.